The van der Waals surface area contributed by atoms with Gasteiger partial charge in [0.2, 0.25) is 0 Å². The SMILES string of the molecule is CCC(=O)CC(=O)CC.CCOC(=O)CBr.CCOC(=O)CC(C(=O)CC)C(=O)CC. The number of hydrogen-bond donors (Lipinski definition) is 0. The molecule has 180 valence electrons. The van der Waals surface area contributed by atoms with Gasteiger partial charge in [-0.1, -0.05) is 43.6 Å². The zero-order valence-corrected chi connectivity index (χ0v) is 21.2. The molecule has 0 saturated carbocycles. The van der Waals surface area contributed by atoms with Gasteiger partial charge in [-0.3, -0.25) is 28.8 Å². The molecular weight excluding hydrogens is 472 g/mol. The number of carbonyl (C=O) groups is 6. The fourth-order valence-electron chi connectivity index (χ4n) is 1.96. The van der Waals surface area contributed by atoms with E-state index in [-0.39, 0.29) is 61.4 Å². The molecule has 0 amide bonds. The maximum absolute atomic E-state index is 11.4. The molecule has 0 heterocycles. The number of ketones is 4. The standard InChI is InChI=1S/C11H18O4.C7H12O2.C4H7BrO2/c1-4-9(12)8(10(13)5-2)7-11(14)15-6-3;1-3-6(8)5-7(9)4-2;1-2-7-4(6)3-5/h8H,4-7H2,1-3H3;3-5H2,1-2H3;2-3H2,1H3. The Labute approximate surface area is 193 Å². The van der Waals surface area contributed by atoms with Crippen molar-refractivity contribution in [3.63, 3.8) is 0 Å². The second-order valence-corrected chi connectivity index (χ2v) is 6.66. The minimum Gasteiger partial charge on any atom is -0.466 e. The van der Waals surface area contributed by atoms with Gasteiger partial charge in [-0.25, -0.2) is 0 Å². The van der Waals surface area contributed by atoms with Crippen molar-refractivity contribution < 1.29 is 38.2 Å². The number of Topliss-reactive ketones (excluding diaryl/α,β-unsaturated/α-hetero) is 4. The quantitative estimate of drug-likeness (QED) is 0.209. The van der Waals surface area contributed by atoms with Crippen LogP contribution >= 0.6 is 15.9 Å². The fraction of sp³-hybridized carbons (Fsp3) is 0.727. The molecule has 0 unspecified atom stereocenters. The van der Waals surface area contributed by atoms with E-state index < -0.39 is 11.9 Å². The summed E-state index contributed by atoms with van der Waals surface area (Å²) in [5.41, 5.74) is 0. The van der Waals surface area contributed by atoms with E-state index in [1.54, 1.807) is 41.5 Å². The van der Waals surface area contributed by atoms with Gasteiger partial charge in [0.25, 0.3) is 0 Å². The predicted octanol–water partition coefficient (Wildman–Crippen LogP) is 3.79. The summed E-state index contributed by atoms with van der Waals surface area (Å²) in [7, 11) is 0. The Hall–Kier alpha value is -1.90. The molecule has 0 aliphatic carbocycles. The summed E-state index contributed by atoms with van der Waals surface area (Å²) in [6.45, 7) is 11.1. The van der Waals surface area contributed by atoms with E-state index in [9.17, 15) is 28.8 Å². The zero-order valence-electron chi connectivity index (χ0n) is 19.6. The molecule has 0 aromatic carbocycles. The third-order valence-electron chi connectivity index (χ3n) is 3.75. The Bertz CT molecular complexity index is 542. The lowest BCUT2D eigenvalue weighted by Crippen LogP contribution is -2.26. The first kappa shape index (κ1) is 33.7. The Kier molecular flexibility index (Phi) is 24.8. The van der Waals surface area contributed by atoms with Crippen LogP contribution in [-0.2, 0) is 38.2 Å². The van der Waals surface area contributed by atoms with Gasteiger partial charge in [-0.05, 0) is 13.8 Å². The number of ether oxygens (including phenoxy) is 2. The van der Waals surface area contributed by atoms with Crippen LogP contribution < -0.4 is 0 Å². The van der Waals surface area contributed by atoms with Gasteiger partial charge < -0.3 is 9.47 Å². The largest absolute Gasteiger partial charge is 0.466 e. The monoisotopic (exact) mass is 508 g/mol. The van der Waals surface area contributed by atoms with Crippen molar-refractivity contribution in [3.8, 4) is 0 Å². The molecule has 0 N–H and O–H groups in total. The molecule has 0 aromatic heterocycles. The number of rotatable bonds is 13. The maximum Gasteiger partial charge on any atom is 0.316 e. The molecule has 0 aliphatic heterocycles. The van der Waals surface area contributed by atoms with Gasteiger partial charge in [-0.15, -0.1) is 0 Å². The average molecular weight is 509 g/mol. The number of carbonyl (C=O) groups excluding carboxylic acids is 6. The van der Waals surface area contributed by atoms with Crippen LogP contribution in [0.4, 0.5) is 0 Å². The molecule has 0 aliphatic rings. The molecular formula is C22H37BrO8. The number of hydrogen-bond acceptors (Lipinski definition) is 8. The summed E-state index contributed by atoms with van der Waals surface area (Å²) in [4.78, 5) is 65.3. The fourth-order valence-corrected chi connectivity index (χ4v) is 2.12. The predicted molar refractivity (Wildman–Crippen MR) is 121 cm³/mol. The highest BCUT2D eigenvalue weighted by Gasteiger charge is 2.26. The third kappa shape index (κ3) is 21.1. The van der Waals surface area contributed by atoms with Crippen molar-refractivity contribution >= 4 is 51.0 Å². The molecule has 31 heavy (non-hydrogen) atoms. The van der Waals surface area contributed by atoms with Crippen LogP contribution in [0.15, 0.2) is 0 Å². The summed E-state index contributed by atoms with van der Waals surface area (Å²) in [6.07, 6.45) is 1.52. The molecule has 0 fully saturated rings. The normalized spacial score (nSPS) is 9.42. The first-order valence-electron chi connectivity index (χ1n) is 10.5. The van der Waals surface area contributed by atoms with Crippen LogP contribution in [0.25, 0.3) is 0 Å². The molecule has 0 rings (SSSR count). The van der Waals surface area contributed by atoms with E-state index >= 15 is 0 Å². The number of alkyl halides is 1. The van der Waals surface area contributed by atoms with Gasteiger partial charge in [0.15, 0.2) is 0 Å². The first-order valence-corrected chi connectivity index (χ1v) is 11.7. The van der Waals surface area contributed by atoms with Crippen LogP contribution in [-0.4, -0.2) is 53.6 Å². The van der Waals surface area contributed by atoms with Gasteiger partial charge in [0, 0.05) is 25.7 Å². The Morgan fingerprint density at radius 1 is 0.645 bits per heavy atom. The van der Waals surface area contributed by atoms with Crippen LogP contribution in [0.5, 0.6) is 0 Å². The Morgan fingerprint density at radius 2 is 1.03 bits per heavy atom. The molecule has 0 atom stereocenters. The van der Waals surface area contributed by atoms with Crippen molar-refractivity contribution in [1.29, 1.82) is 0 Å². The minimum atomic E-state index is -0.806. The van der Waals surface area contributed by atoms with Gasteiger partial charge in [0.1, 0.15) is 28.5 Å². The van der Waals surface area contributed by atoms with Gasteiger partial charge in [0.05, 0.1) is 32.0 Å². The third-order valence-corrected chi connectivity index (χ3v) is 4.21. The lowest BCUT2D eigenvalue weighted by atomic mass is 9.92. The maximum atomic E-state index is 11.4. The average Bonchev–Trinajstić information content (AvgIpc) is 2.77. The second-order valence-electron chi connectivity index (χ2n) is 6.10. The van der Waals surface area contributed by atoms with E-state index in [4.69, 9.17) is 4.74 Å². The van der Waals surface area contributed by atoms with Gasteiger partial charge in [-0.2, -0.15) is 0 Å². The van der Waals surface area contributed by atoms with E-state index in [0.29, 0.717) is 24.8 Å². The minimum absolute atomic E-state index is 0.0434. The second kappa shape index (κ2) is 22.8. The smallest absolute Gasteiger partial charge is 0.316 e. The molecule has 0 aromatic rings. The molecule has 0 saturated heterocycles. The van der Waals surface area contributed by atoms with E-state index in [1.165, 1.54) is 0 Å². The van der Waals surface area contributed by atoms with Crippen LogP contribution in [0, 0.1) is 5.92 Å². The number of halogens is 1. The summed E-state index contributed by atoms with van der Waals surface area (Å²) < 4.78 is 9.22. The van der Waals surface area contributed by atoms with Crippen molar-refractivity contribution in [3.05, 3.63) is 0 Å². The lowest BCUT2D eigenvalue weighted by Gasteiger charge is -2.11. The highest BCUT2D eigenvalue weighted by molar-refractivity contribution is 9.09. The Balaban J connectivity index is -0.000000417. The number of esters is 2. The van der Waals surface area contributed by atoms with Crippen LogP contribution in [0.1, 0.15) is 80.1 Å². The molecule has 0 bridgehead atoms. The lowest BCUT2D eigenvalue weighted by molar-refractivity contribution is -0.148. The van der Waals surface area contributed by atoms with Crippen molar-refractivity contribution in [2.24, 2.45) is 5.92 Å². The summed E-state index contributed by atoms with van der Waals surface area (Å²) in [5.74, 6) is -1.78. The molecule has 0 radical (unpaired) electrons. The van der Waals surface area contributed by atoms with Crippen molar-refractivity contribution in [2.45, 2.75) is 80.1 Å². The zero-order chi connectivity index (χ0) is 24.8. The van der Waals surface area contributed by atoms with E-state index in [0.717, 1.165) is 0 Å². The van der Waals surface area contributed by atoms with Crippen molar-refractivity contribution in [1.82, 2.24) is 0 Å². The van der Waals surface area contributed by atoms with Gasteiger partial charge >= 0.3 is 11.9 Å². The summed E-state index contributed by atoms with van der Waals surface area (Å²) in [6, 6.07) is 0. The highest BCUT2D eigenvalue weighted by Crippen LogP contribution is 2.12. The molecule has 9 heteroatoms. The summed E-state index contributed by atoms with van der Waals surface area (Å²) >= 11 is 2.94. The van der Waals surface area contributed by atoms with E-state index in [2.05, 4.69) is 20.7 Å². The topological polar surface area (TPSA) is 121 Å². The Morgan fingerprint density at radius 3 is 1.29 bits per heavy atom. The van der Waals surface area contributed by atoms with Crippen LogP contribution in [0.2, 0.25) is 0 Å². The van der Waals surface area contributed by atoms with Crippen LogP contribution in [0.3, 0.4) is 0 Å². The van der Waals surface area contributed by atoms with E-state index in [1.807, 2.05) is 0 Å². The van der Waals surface area contributed by atoms with Crippen molar-refractivity contribution in [2.75, 3.05) is 18.5 Å². The molecule has 0 spiro atoms. The molecule has 8 nitrogen and oxygen atoms in total. The first-order chi connectivity index (χ1) is 14.6. The summed E-state index contributed by atoms with van der Waals surface area (Å²) in [5, 5.41) is 0.292. The highest BCUT2D eigenvalue weighted by atomic mass is 79.9.